The zero-order chi connectivity index (χ0) is 13.3. The van der Waals surface area contributed by atoms with Gasteiger partial charge in [-0.05, 0) is 30.2 Å². The van der Waals surface area contributed by atoms with Gasteiger partial charge in [0.05, 0.1) is 13.5 Å². The van der Waals surface area contributed by atoms with Crippen LogP contribution in [-0.4, -0.2) is 29.9 Å². The fourth-order valence-corrected chi connectivity index (χ4v) is 2.29. The van der Waals surface area contributed by atoms with Crippen LogP contribution in [0.4, 0.5) is 0 Å². The van der Waals surface area contributed by atoms with Crippen molar-refractivity contribution in [2.45, 2.75) is 25.9 Å². The highest BCUT2D eigenvalue weighted by molar-refractivity contribution is 6.30. The molecule has 0 saturated heterocycles. The number of rotatable bonds is 2. The Hall–Kier alpha value is -1.55. The summed E-state index contributed by atoms with van der Waals surface area (Å²) in [6, 6.07) is 4.92. The molecule has 2 rings (SSSR count). The van der Waals surface area contributed by atoms with Crippen molar-refractivity contribution in [2.75, 3.05) is 7.11 Å². The van der Waals surface area contributed by atoms with Gasteiger partial charge in [-0.25, -0.2) is 4.79 Å². The van der Waals surface area contributed by atoms with Crippen molar-refractivity contribution in [3.63, 3.8) is 0 Å². The smallest absolute Gasteiger partial charge is 0.328 e. The Balaban J connectivity index is 2.25. The average Bonchev–Trinajstić information content (AvgIpc) is 2.36. The van der Waals surface area contributed by atoms with Gasteiger partial charge in [0.2, 0.25) is 5.91 Å². The van der Waals surface area contributed by atoms with Gasteiger partial charge < -0.3 is 9.64 Å². The van der Waals surface area contributed by atoms with E-state index < -0.39 is 12.0 Å². The SMILES string of the molecule is COC(=O)C(C)N1Cc2ccc(Cl)cc2CC1=O. The van der Waals surface area contributed by atoms with Crippen molar-refractivity contribution in [2.24, 2.45) is 0 Å². The molecule has 1 aromatic rings. The number of benzene rings is 1. The third-order valence-corrected chi connectivity index (χ3v) is 3.42. The van der Waals surface area contributed by atoms with Crippen molar-refractivity contribution in [3.8, 4) is 0 Å². The van der Waals surface area contributed by atoms with Crippen molar-refractivity contribution in [1.29, 1.82) is 0 Å². The summed E-state index contributed by atoms with van der Waals surface area (Å²) >= 11 is 5.90. The lowest BCUT2D eigenvalue weighted by Crippen LogP contribution is -2.46. The summed E-state index contributed by atoms with van der Waals surface area (Å²) in [6.45, 7) is 2.09. The number of ether oxygens (including phenoxy) is 1. The topological polar surface area (TPSA) is 46.6 Å². The summed E-state index contributed by atoms with van der Waals surface area (Å²) in [7, 11) is 1.32. The number of hydrogen-bond donors (Lipinski definition) is 0. The monoisotopic (exact) mass is 267 g/mol. The maximum Gasteiger partial charge on any atom is 0.328 e. The summed E-state index contributed by atoms with van der Waals surface area (Å²) < 4.78 is 4.67. The molecule has 0 aromatic heterocycles. The maximum absolute atomic E-state index is 12.0. The van der Waals surface area contributed by atoms with E-state index in [1.807, 2.05) is 6.07 Å². The summed E-state index contributed by atoms with van der Waals surface area (Å²) in [4.78, 5) is 25.0. The van der Waals surface area contributed by atoms with Crippen LogP contribution in [0.2, 0.25) is 5.02 Å². The highest BCUT2D eigenvalue weighted by Gasteiger charge is 2.30. The Labute approximate surface area is 110 Å². The number of carbonyl (C=O) groups excluding carboxylic acids is 2. The van der Waals surface area contributed by atoms with Crippen LogP contribution in [-0.2, 0) is 27.3 Å². The molecule has 1 aliphatic heterocycles. The molecule has 0 radical (unpaired) electrons. The predicted molar refractivity (Wildman–Crippen MR) is 67.2 cm³/mol. The van der Waals surface area contributed by atoms with E-state index in [2.05, 4.69) is 4.74 Å². The lowest BCUT2D eigenvalue weighted by molar-refractivity contribution is -0.152. The minimum atomic E-state index is -0.564. The van der Waals surface area contributed by atoms with Gasteiger partial charge in [0, 0.05) is 11.6 Å². The summed E-state index contributed by atoms with van der Waals surface area (Å²) in [5, 5.41) is 0.621. The Morgan fingerprint density at radius 3 is 2.83 bits per heavy atom. The first kappa shape index (κ1) is 12.9. The van der Waals surface area contributed by atoms with E-state index in [0.717, 1.165) is 11.1 Å². The molecule has 1 unspecified atom stereocenters. The summed E-state index contributed by atoms with van der Waals surface area (Å²) in [5.74, 6) is -0.483. The molecule has 18 heavy (non-hydrogen) atoms. The van der Waals surface area contributed by atoms with E-state index in [0.29, 0.717) is 11.6 Å². The first-order chi connectivity index (χ1) is 8.52. The number of hydrogen-bond acceptors (Lipinski definition) is 3. The first-order valence-electron chi connectivity index (χ1n) is 5.67. The first-order valence-corrected chi connectivity index (χ1v) is 6.05. The fraction of sp³-hybridized carbons (Fsp3) is 0.385. The number of esters is 1. The van der Waals surface area contributed by atoms with Crippen LogP contribution < -0.4 is 0 Å². The number of methoxy groups -OCH3 is 1. The molecule has 0 fully saturated rings. The fourth-order valence-electron chi connectivity index (χ4n) is 2.10. The lowest BCUT2D eigenvalue weighted by atomic mass is 9.98. The van der Waals surface area contributed by atoms with Crippen molar-refractivity contribution < 1.29 is 14.3 Å². The summed E-state index contributed by atoms with van der Waals surface area (Å²) in [5.41, 5.74) is 1.95. The van der Waals surface area contributed by atoms with E-state index in [-0.39, 0.29) is 12.3 Å². The zero-order valence-corrected chi connectivity index (χ0v) is 11.0. The molecule has 0 bridgehead atoms. The largest absolute Gasteiger partial charge is 0.467 e. The van der Waals surface area contributed by atoms with E-state index in [1.165, 1.54) is 12.0 Å². The molecule has 0 saturated carbocycles. The van der Waals surface area contributed by atoms with Crippen LogP contribution in [0.1, 0.15) is 18.1 Å². The normalized spacial score (nSPS) is 16.2. The summed E-state index contributed by atoms with van der Waals surface area (Å²) in [6.07, 6.45) is 0.275. The molecular formula is C13H14ClNO3. The van der Waals surface area contributed by atoms with Gasteiger partial charge in [-0.2, -0.15) is 0 Å². The highest BCUT2D eigenvalue weighted by atomic mass is 35.5. The molecule has 1 aromatic carbocycles. The molecule has 1 amide bonds. The molecule has 1 aliphatic rings. The average molecular weight is 268 g/mol. The molecule has 0 N–H and O–H groups in total. The van der Waals surface area contributed by atoms with E-state index >= 15 is 0 Å². The molecule has 5 heteroatoms. The molecule has 0 aliphatic carbocycles. The second-order valence-corrected chi connectivity index (χ2v) is 4.75. The number of nitrogens with zero attached hydrogens (tertiary/aromatic N) is 1. The third kappa shape index (κ3) is 2.34. The Kier molecular flexibility index (Phi) is 3.57. The number of amides is 1. The minimum Gasteiger partial charge on any atom is -0.467 e. The van der Waals surface area contributed by atoms with E-state index in [9.17, 15) is 9.59 Å². The van der Waals surface area contributed by atoms with E-state index in [1.54, 1.807) is 19.1 Å². The van der Waals surface area contributed by atoms with Gasteiger partial charge in [0.15, 0.2) is 0 Å². The van der Waals surface area contributed by atoms with Crippen LogP contribution in [0, 0.1) is 0 Å². The Morgan fingerprint density at radius 2 is 2.17 bits per heavy atom. The van der Waals surface area contributed by atoms with Gasteiger partial charge in [-0.1, -0.05) is 17.7 Å². The second kappa shape index (κ2) is 4.98. The van der Waals surface area contributed by atoms with Crippen molar-refractivity contribution >= 4 is 23.5 Å². The minimum absolute atomic E-state index is 0.0809. The maximum atomic E-state index is 12.0. The molecule has 1 atom stereocenters. The molecule has 1 heterocycles. The zero-order valence-electron chi connectivity index (χ0n) is 10.3. The van der Waals surface area contributed by atoms with Gasteiger partial charge in [0.1, 0.15) is 6.04 Å². The van der Waals surface area contributed by atoms with Crippen LogP contribution in [0.5, 0.6) is 0 Å². The predicted octanol–water partition coefficient (Wildman–Crippen LogP) is 1.79. The van der Waals surface area contributed by atoms with E-state index in [4.69, 9.17) is 11.6 Å². The Bertz CT molecular complexity index is 501. The van der Waals surface area contributed by atoms with Gasteiger partial charge in [0.25, 0.3) is 0 Å². The number of halogens is 1. The van der Waals surface area contributed by atoms with Gasteiger partial charge in [-0.3, -0.25) is 4.79 Å². The standard InChI is InChI=1S/C13H14ClNO3/c1-8(13(17)18-2)15-7-9-3-4-11(14)5-10(9)6-12(15)16/h3-5,8H,6-7H2,1-2H3. The molecule has 0 spiro atoms. The highest BCUT2D eigenvalue weighted by Crippen LogP contribution is 2.24. The van der Waals surface area contributed by atoms with Crippen LogP contribution in [0.15, 0.2) is 18.2 Å². The molecule has 4 nitrogen and oxygen atoms in total. The number of carbonyl (C=O) groups is 2. The van der Waals surface area contributed by atoms with Crippen LogP contribution in [0.3, 0.4) is 0 Å². The molecule has 96 valence electrons. The second-order valence-electron chi connectivity index (χ2n) is 4.31. The third-order valence-electron chi connectivity index (χ3n) is 3.18. The van der Waals surface area contributed by atoms with Crippen LogP contribution in [0.25, 0.3) is 0 Å². The van der Waals surface area contributed by atoms with Gasteiger partial charge in [-0.15, -0.1) is 0 Å². The lowest BCUT2D eigenvalue weighted by Gasteiger charge is -2.32. The van der Waals surface area contributed by atoms with Gasteiger partial charge >= 0.3 is 5.97 Å². The Morgan fingerprint density at radius 1 is 1.44 bits per heavy atom. The van der Waals surface area contributed by atoms with Crippen LogP contribution >= 0.6 is 11.6 Å². The van der Waals surface area contributed by atoms with Crippen molar-refractivity contribution in [1.82, 2.24) is 4.90 Å². The number of fused-ring (bicyclic) bond motifs is 1. The molecular weight excluding hydrogens is 254 g/mol. The quantitative estimate of drug-likeness (QED) is 0.768. The van der Waals surface area contributed by atoms with Crippen molar-refractivity contribution in [3.05, 3.63) is 34.3 Å².